The Labute approximate surface area is 142 Å². The molecule has 0 saturated carbocycles. The molecule has 5 nitrogen and oxygen atoms in total. The lowest BCUT2D eigenvalue weighted by molar-refractivity contribution is -0.137. The molecule has 0 amide bonds. The zero-order valence-corrected chi connectivity index (χ0v) is 13.6. The third-order valence-corrected chi connectivity index (χ3v) is 4.27. The summed E-state index contributed by atoms with van der Waals surface area (Å²) < 4.78 is 45.6. The van der Waals surface area contributed by atoms with Crippen LogP contribution in [0.25, 0.3) is 11.3 Å². The lowest BCUT2D eigenvalue weighted by Crippen LogP contribution is -2.16. The number of ether oxygens (including phenoxy) is 1. The van der Waals surface area contributed by atoms with Crippen LogP contribution in [0.1, 0.15) is 40.3 Å². The average molecular weight is 354 g/mol. The maximum atomic E-state index is 13.0. The molecule has 0 unspecified atom stereocenters. The summed E-state index contributed by atoms with van der Waals surface area (Å²) in [6, 6.07) is 3.21. The summed E-state index contributed by atoms with van der Waals surface area (Å²) in [5, 5.41) is 9.60. The molecule has 0 bridgehead atoms. The van der Waals surface area contributed by atoms with E-state index in [1.807, 2.05) is 0 Å². The van der Waals surface area contributed by atoms with Crippen LogP contribution in [0, 0.1) is 0 Å². The molecule has 0 fully saturated rings. The number of aromatic carboxylic acids is 1. The standard InChI is InChI=1S/C17H17F3N2O3/c1-25-9-10-8-11(17(18,19)20)5-6-12(10)14-15(16(23)24)22-7-3-2-4-13(22)21-14/h5-6,8H,2-4,7,9H2,1H3,(H,23,24). The Morgan fingerprint density at radius 1 is 1.36 bits per heavy atom. The van der Waals surface area contributed by atoms with Gasteiger partial charge in [0.15, 0.2) is 5.69 Å². The van der Waals surface area contributed by atoms with E-state index >= 15 is 0 Å². The van der Waals surface area contributed by atoms with Crippen LogP contribution in [-0.2, 0) is 30.5 Å². The first-order valence-electron chi connectivity index (χ1n) is 7.85. The topological polar surface area (TPSA) is 64.4 Å². The molecule has 0 radical (unpaired) electrons. The van der Waals surface area contributed by atoms with Gasteiger partial charge in [0, 0.05) is 25.6 Å². The largest absolute Gasteiger partial charge is 0.477 e. The molecule has 0 saturated heterocycles. The predicted octanol–water partition coefficient (Wildman–Crippen LogP) is 3.75. The van der Waals surface area contributed by atoms with E-state index < -0.39 is 17.7 Å². The Kier molecular flexibility index (Phi) is 4.55. The second-order valence-corrected chi connectivity index (χ2v) is 5.94. The minimum absolute atomic E-state index is 0.0202. The molecule has 0 atom stereocenters. The summed E-state index contributed by atoms with van der Waals surface area (Å²) in [5.74, 6) is -0.485. The molecule has 0 spiro atoms. The van der Waals surface area contributed by atoms with E-state index in [2.05, 4.69) is 4.98 Å². The van der Waals surface area contributed by atoms with E-state index in [-0.39, 0.29) is 23.6 Å². The van der Waals surface area contributed by atoms with Gasteiger partial charge in [-0.1, -0.05) is 6.07 Å². The van der Waals surface area contributed by atoms with Crippen LogP contribution >= 0.6 is 0 Å². The normalized spacial score (nSPS) is 14.4. The molecule has 1 aromatic heterocycles. The number of benzene rings is 1. The highest BCUT2D eigenvalue weighted by Gasteiger charge is 2.32. The number of rotatable bonds is 4. The molecule has 0 aliphatic carbocycles. The van der Waals surface area contributed by atoms with Gasteiger partial charge < -0.3 is 14.4 Å². The third kappa shape index (κ3) is 3.26. The van der Waals surface area contributed by atoms with Crippen LogP contribution in [0.2, 0.25) is 0 Å². The van der Waals surface area contributed by atoms with Crippen molar-refractivity contribution in [1.29, 1.82) is 0 Å². The van der Waals surface area contributed by atoms with Crippen LogP contribution < -0.4 is 0 Å². The summed E-state index contributed by atoms with van der Waals surface area (Å²) in [6.45, 7) is 0.477. The Hall–Kier alpha value is -2.35. The van der Waals surface area contributed by atoms with Gasteiger partial charge in [-0.15, -0.1) is 0 Å². The SMILES string of the molecule is COCc1cc(C(F)(F)F)ccc1-c1nc2n(c1C(=O)O)CCCC2. The number of aromatic nitrogens is 2. The van der Waals surface area contributed by atoms with Crippen LogP contribution in [0.4, 0.5) is 13.2 Å². The number of hydrogen-bond acceptors (Lipinski definition) is 3. The highest BCUT2D eigenvalue weighted by Crippen LogP contribution is 2.35. The van der Waals surface area contributed by atoms with Crippen LogP contribution in [0.5, 0.6) is 0 Å². The number of carboxylic acid groups (broad SMARTS) is 1. The quantitative estimate of drug-likeness (QED) is 0.908. The molecule has 8 heteroatoms. The number of carbonyl (C=O) groups is 1. The number of halogens is 3. The van der Waals surface area contributed by atoms with Gasteiger partial charge in [-0.05, 0) is 30.5 Å². The van der Waals surface area contributed by atoms with E-state index in [1.165, 1.54) is 13.2 Å². The average Bonchev–Trinajstić information content (AvgIpc) is 2.93. The van der Waals surface area contributed by atoms with Crippen LogP contribution in [-0.4, -0.2) is 27.7 Å². The molecule has 1 aliphatic heterocycles. The number of alkyl halides is 3. The smallest absolute Gasteiger partial charge is 0.416 e. The van der Waals surface area contributed by atoms with Gasteiger partial charge in [-0.25, -0.2) is 9.78 Å². The van der Waals surface area contributed by atoms with E-state index in [1.54, 1.807) is 4.57 Å². The fourth-order valence-electron chi connectivity index (χ4n) is 3.16. The van der Waals surface area contributed by atoms with Crippen molar-refractivity contribution in [2.45, 2.75) is 38.6 Å². The van der Waals surface area contributed by atoms with Crippen molar-refractivity contribution < 1.29 is 27.8 Å². The molecular weight excluding hydrogens is 337 g/mol. The number of fused-ring (bicyclic) bond motifs is 1. The minimum atomic E-state index is -4.48. The number of aryl methyl sites for hydroxylation is 1. The van der Waals surface area contributed by atoms with Gasteiger partial charge in [-0.3, -0.25) is 0 Å². The van der Waals surface area contributed by atoms with Gasteiger partial charge in [0.2, 0.25) is 0 Å². The number of methoxy groups -OCH3 is 1. The second kappa shape index (κ2) is 6.51. The van der Waals surface area contributed by atoms with Crippen molar-refractivity contribution in [3.63, 3.8) is 0 Å². The predicted molar refractivity (Wildman–Crippen MR) is 83.3 cm³/mol. The fraction of sp³-hybridized carbons (Fsp3) is 0.412. The first-order chi connectivity index (χ1) is 11.8. The fourth-order valence-corrected chi connectivity index (χ4v) is 3.16. The number of hydrogen-bond donors (Lipinski definition) is 1. The molecule has 3 rings (SSSR count). The summed E-state index contributed by atoms with van der Waals surface area (Å²) in [4.78, 5) is 16.2. The van der Waals surface area contributed by atoms with E-state index in [0.717, 1.165) is 25.0 Å². The Bertz CT molecular complexity index is 812. The third-order valence-electron chi connectivity index (χ3n) is 4.27. The summed E-state index contributed by atoms with van der Waals surface area (Å²) >= 11 is 0. The molecular formula is C17H17F3N2O3. The molecule has 1 aromatic carbocycles. The van der Waals surface area contributed by atoms with E-state index in [9.17, 15) is 23.1 Å². The Balaban J connectivity index is 2.19. The zero-order valence-electron chi connectivity index (χ0n) is 13.6. The van der Waals surface area contributed by atoms with E-state index in [4.69, 9.17) is 4.74 Å². The lowest BCUT2D eigenvalue weighted by atomic mass is 10.00. The number of nitrogens with zero attached hydrogens (tertiary/aromatic N) is 2. The van der Waals surface area contributed by atoms with Crippen LogP contribution in [0.3, 0.4) is 0 Å². The highest BCUT2D eigenvalue weighted by atomic mass is 19.4. The van der Waals surface area contributed by atoms with Gasteiger partial charge >= 0.3 is 12.1 Å². The van der Waals surface area contributed by atoms with E-state index in [0.29, 0.717) is 24.4 Å². The van der Waals surface area contributed by atoms with Crippen molar-refractivity contribution in [3.05, 3.63) is 40.8 Å². The molecule has 25 heavy (non-hydrogen) atoms. The van der Waals surface area contributed by atoms with Crippen molar-refractivity contribution in [3.8, 4) is 11.3 Å². The monoisotopic (exact) mass is 354 g/mol. The van der Waals surface area contributed by atoms with Gasteiger partial charge in [0.1, 0.15) is 11.5 Å². The molecule has 1 aliphatic rings. The first-order valence-corrected chi connectivity index (χ1v) is 7.85. The van der Waals surface area contributed by atoms with Gasteiger partial charge in [0.25, 0.3) is 0 Å². The summed E-state index contributed by atoms with van der Waals surface area (Å²) in [7, 11) is 1.38. The van der Waals surface area contributed by atoms with Crippen molar-refractivity contribution in [1.82, 2.24) is 9.55 Å². The lowest BCUT2D eigenvalue weighted by Gasteiger charge is -2.15. The molecule has 134 valence electrons. The highest BCUT2D eigenvalue weighted by molar-refractivity contribution is 5.94. The summed E-state index contributed by atoms with van der Waals surface area (Å²) in [6.07, 6.45) is -2.07. The Morgan fingerprint density at radius 3 is 2.76 bits per heavy atom. The molecule has 2 aromatic rings. The molecule has 1 N–H and O–H groups in total. The van der Waals surface area contributed by atoms with Crippen molar-refractivity contribution in [2.75, 3.05) is 7.11 Å². The Morgan fingerprint density at radius 2 is 2.12 bits per heavy atom. The first kappa shape index (κ1) is 17.5. The number of imidazole rings is 1. The summed E-state index contributed by atoms with van der Waals surface area (Å²) in [5.41, 5.74) is 0.0329. The zero-order chi connectivity index (χ0) is 18.2. The maximum absolute atomic E-state index is 13.0. The van der Waals surface area contributed by atoms with Crippen molar-refractivity contribution in [2.24, 2.45) is 0 Å². The van der Waals surface area contributed by atoms with Gasteiger partial charge in [0.05, 0.1) is 12.2 Å². The number of carboxylic acids is 1. The maximum Gasteiger partial charge on any atom is 0.416 e. The molecule has 2 heterocycles. The van der Waals surface area contributed by atoms with Gasteiger partial charge in [-0.2, -0.15) is 13.2 Å². The van der Waals surface area contributed by atoms with Crippen LogP contribution in [0.15, 0.2) is 18.2 Å². The van der Waals surface area contributed by atoms with Crippen molar-refractivity contribution >= 4 is 5.97 Å². The second-order valence-electron chi connectivity index (χ2n) is 5.94. The minimum Gasteiger partial charge on any atom is -0.477 e.